The van der Waals surface area contributed by atoms with Gasteiger partial charge in [-0.05, 0) is 36.6 Å². The third-order valence-electron chi connectivity index (χ3n) is 4.77. The maximum absolute atomic E-state index is 14.0. The SMILES string of the molecule is C=C(Nc1ccc(-c2nc(SC)n3ccnc(N)c23)cc1)Nc1cc(C(F)(F)F)ccc1F. The van der Waals surface area contributed by atoms with Crippen molar-refractivity contribution in [3.8, 4) is 11.3 Å². The summed E-state index contributed by atoms with van der Waals surface area (Å²) in [7, 11) is 0. The Labute approximate surface area is 190 Å². The predicted octanol–water partition coefficient (Wildman–Crippen LogP) is 5.85. The van der Waals surface area contributed by atoms with Crippen LogP contribution in [0.4, 0.5) is 34.8 Å². The molecule has 0 fully saturated rings. The maximum Gasteiger partial charge on any atom is 0.416 e. The van der Waals surface area contributed by atoms with Gasteiger partial charge in [0.05, 0.1) is 11.3 Å². The summed E-state index contributed by atoms with van der Waals surface area (Å²) < 4.78 is 54.5. The summed E-state index contributed by atoms with van der Waals surface area (Å²) >= 11 is 1.47. The van der Waals surface area contributed by atoms with Gasteiger partial charge >= 0.3 is 6.18 Å². The van der Waals surface area contributed by atoms with Crippen LogP contribution in [-0.4, -0.2) is 20.6 Å². The molecule has 2 aromatic heterocycles. The van der Waals surface area contributed by atoms with Crippen LogP contribution in [0.2, 0.25) is 0 Å². The van der Waals surface area contributed by atoms with Gasteiger partial charge in [-0.1, -0.05) is 30.5 Å². The highest BCUT2D eigenvalue weighted by Crippen LogP contribution is 2.33. The molecule has 0 bridgehead atoms. The van der Waals surface area contributed by atoms with Gasteiger partial charge in [-0.25, -0.2) is 14.4 Å². The van der Waals surface area contributed by atoms with E-state index < -0.39 is 17.6 Å². The number of rotatable bonds is 6. The smallest absolute Gasteiger partial charge is 0.382 e. The number of thioether (sulfide) groups is 1. The lowest BCUT2D eigenvalue weighted by molar-refractivity contribution is -0.137. The molecule has 0 aliphatic carbocycles. The zero-order valence-electron chi connectivity index (χ0n) is 17.2. The summed E-state index contributed by atoms with van der Waals surface area (Å²) in [5.41, 5.74) is 7.50. The molecule has 0 aliphatic heterocycles. The Morgan fingerprint density at radius 3 is 2.52 bits per heavy atom. The van der Waals surface area contributed by atoms with Crippen molar-refractivity contribution in [1.82, 2.24) is 14.4 Å². The molecule has 0 spiro atoms. The molecule has 0 atom stereocenters. The van der Waals surface area contributed by atoms with Crippen LogP contribution >= 0.6 is 11.8 Å². The van der Waals surface area contributed by atoms with Crippen LogP contribution in [0.15, 0.2) is 72.4 Å². The lowest BCUT2D eigenvalue weighted by atomic mass is 10.1. The predicted molar refractivity (Wildman–Crippen MR) is 122 cm³/mol. The molecule has 4 aromatic rings. The molecule has 0 saturated heterocycles. The van der Waals surface area contributed by atoms with Gasteiger partial charge in [0.2, 0.25) is 0 Å². The van der Waals surface area contributed by atoms with Crippen LogP contribution in [0, 0.1) is 5.82 Å². The van der Waals surface area contributed by atoms with E-state index >= 15 is 0 Å². The first-order valence-electron chi connectivity index (χ1n) is 9.54. The first-order valence-corrected chi connectivity index (χ1v) is 10.8. The van der Waals surface area contributed by atoms with Crippen molar-refractivity contribution in [2.24, 2.45) is 0 Å². The molecule has 6 nitrogen and oxygen atoms in total. The molecule has 0 amide bonds. The summed E-state index contributed by atoms with van der Waals surface area (Å²) in [5.74, 6) is -0.376. The number of nitrogens with zero attached hydrogens (tertiary/aromatic N) is 3. The Kier molecular flexibility index (Phi) is 5.90. The van der Waals surface area contributed by atoms with Crippen molar-refractivity contribution in [2.45, 2.75) is 11.3 Å². The third kappa shape index (κ3) is 4.58. The first kappa shape index (κ1) is 22.5. The van der Waals surface area contributed by atoms with Gasteiger partial charge in [0.1, 0.15) is 28.7 Å². The highest BCUT2D eigenvalue weighted by molar-refractivity contribution is 7.98. The molecule has 33 heavy (non-hydrogen) atoms. The van der Waals surface area contributed by atoms with E-state index in [4.69, 9.17) is 5.73 Å². The fraction of sp³-hybridized carbons (Fsp3) is 0.0909. The quantitative estimate of drug-likeness (QED) is 0.240. The van der Waals surface area contributed by atoms with Crippen molar-refractivity contribution >= 4 is 34.5 Å². The number of hydrogen-bond acceptors (Lipinski definition) is 6. The van der Waals surface area contributed by atoms with E-state index in [0.29, 0.717) is 34.8 Å². The van der Waals surface area contributed by atoms with Crippen molar-refractivity contribution in [3.63, 3.8) is 0 Å². The highest BCUT2D eigenvalue weighted by atomic mass is 32.2. The van der Waals surface area contributed by atoms with Gasteiger partial charge in [0.15, 0.2) is 5.16 Å². The monoisotopic (exact) mass is 474 g/mol. The molecular weight excluding hydrogens is 456 g/mol. The maximum atomic E-state index is 14.0. The van der Waals surface area contributed by atoms with Crippen LogP contribution in [0.5, 0.6) is 0 Å². The number of benzene rings is 2. The van der Waals surface area contributed by atoms with E-state index in [-0.39, 0.29) is 11.5 Å². The molecule has 2 heterocycles. The van der Waals surface area contributed by atoms with Gasteiger partial charge in [0.25, 0.3) is 0 Å². The largest absolute Gasteiger partial charge is 0.416 e. The normalized spacial score (nSPS) is 11.5. The van der Waals surface area contributed by atoms with Crippen molar-refractivity contribution in [1.29, 1.82) is 0 Å². The highest BCUT2D eigenvalue weighted by Gasteiger charge is 2.31. The summed E-state index contributed by atoms with van der Waals surface area (Å²) in [4.78, 5) is 8.79. The van der Waals surface area contributed by atoms with E-state index in [1.807, 2.05) is 10.7 Å². The Hall–Kier alpha value is -3.73. The number of aromatic nitrogens is 3. The van der Waals surface area contributed by atoms with Crippen LogP contribution in [-0.2, 0) is 6.18 Å². The lowest BCUT2D eigenvalue weighted by Crippen LogP contribution is -2.11. The van der Waals surface area contributed by atoms with Crippen LogP contribution in [0.3, 0.4) is 0 Å². The molecule has 4 rings (SSSR count). The minimum atomic E-state index is -4.58. The molecular formula is C22H18F4N6S. The first-order chi connectivity index (χ1) is 15.7. The number of halogens is 4. The van der Waals surface area contributed by atoms with Crippen molar-refractivity contribution < 1.29 is 17.6 Å². The second-order valence-electron chi connectivity index (χ2n) is 6.98. The van der Waals surface area contributed by atoms with Gasteiger partial charge in [-0.2, -0.15) is 13.2 Å². The van der Waals surface area contributed by atoms with Gasteiger partial charge in [-0.15, -0.1) is 0 Å². The minimum Gasteiger partial charge on any atom is -0.382 e. The average molecular weight is 474 g/mol. The Balaban J connectivity index is 1.54. The van der Waals surface area contributed by atoms with E-state index in [2.05, 4.69) is 27.2 Å². The number of fused-ring (bicyclic) bond motifs is 1. The summed E-state index contributed by atoms with van der Waals surface area (Å²) in [6, 6.07) is 9.21. The number of nitrogens with one attached hydrogen (secondary N) is 2. The Bertz CT molecular complexity index is 1330. The van der Waals surface area contributed by atoms with E-state index in [0.717, 1.165) is 16.8 Å². The summed E-state index contributed by atoms with van der Waals surface area (Å²) in [6.45, 7) is 3.71. The molecule has 4 N–H and O–H groups in total. The standard InChI is InChI=1S/C22H18F4N6S/c1-12(30-17-11-14(22(24,25)26)5-8-16(17)23)29-15-6-3-13(4-7-15)18-19-20(27)28-9-10-32(19)21(31-18)33-2/h3-11,29-30H,1H2,2H3,(H2,27,28). The van der Waals surface area contributed by atoms with Gasteiger partial charge < -0.3 is 16.4 Å². The number of anilines is 3. The van der Waals surface area contributed by atoms with Crippen LogP contribution < -0.4 is 16.4 Å². The third-order valence-corrected chi connectivity index (χ3v) is 5.42. The average Bonchev–Trinajstić information content (AvgIpc) is 3.15. The molecule has 0 saturated carbocycles. The molecule has 2 aromatic carbocycles. The zero-order valence-corrected chi connectivity index (χ0v) is 18.1. The molecule has 0 unspecified atom stereocenters. The summed E-state index contributed by atoms with van der Waals surface area (Å²) in [5, 5.41) is 6.20. The minimum absolute atomic E-state index is 0.103. The fourth-order valence-corrected chi connectivity index (χ4v) is 3.79. The zero-order chi connectivity index (χ0) is 23.8. The second-order valence-corrected chi connectivity index (χ2v) is 7.75. The van der Waals surface area contributed by atoms with Crippen molar-refractivity contribution in [3.05, 3.63) is 78.6 Å². The Morgan fingerprint density at radius 1 is 1.12 bits per heavy atom. The van der Waals surface area contributed by atoms with E-state index in [9.17, 15) is 17.6 Å². The van der Waals surface area contributed by atoms with Crippen molar-refractivity contribution in [2.75, 3.05) is 22.6 Å². The van der Waals surface area contributed by atoms with Crippen LogP contribution in [0.1, 0.15) is 5.56 Å². The molecule has 0 radical (unpaired) electrons. The molecule has 0 aliphatic rings. The molecule has 11 heteroatoms. The number of hydrogen-bond donors (Lipinski definition) is 3. The number of alkyl halides is 3. The van der Waals surface area contributed by atoms with Crippen LogP contribution in [0.25, 0.3) is 16.8 Å². The number of nitrogen functional groups attached to an aromatic ring is 1. The fourth-order valence-electron chi connectivity index (χ4n) is 3.26. The van der Waals surface area contributed by atoms with E-state index in [1.165, 1.54) is 11.8 Å². The Morgan fingerprint density at radius 2 is 1.85 bits per heavy atom. The lowest BCUT2D eigenvalue weighted by Gasteiger charge is -2.15. The topological polar surface area (TPSA) is 80.3 Å². The van der Waals surface area contributed by atoms with Gasteiger partial charge in [-0.3, -0.25) is 4.40 Å². The van der Waals surface area contributed by atoms with Gasteiger partial charge in [0, 0.05) is 23.6 Å². The summed E-state index contributed by atoms with van der Waals surface area (Å²) in [6.07, 6.45) is 0.716. The number of imidazole rings is 1. The second kappa shape index (κ2) is 8.66. The van der Waals surface area contributed by atoms with E-state index in [1.54, 1.807) is 36.7 Å². The molecule has 170 valence electrons. The number of nitrogens with two attached hydrogens (primary N) is 1.